The van der Waals surface area contributed by atoms with Gasteiger partial charge in [-0.15, -0.1) is 0 Å². The van der Waals surface area contributed by atoms with Crippen molar-refractivity contribution in [1.29, 1.82) is 0 Å². The number of carbonyl (C=O) groups is 4. The van der Waals surface area contributed by atoms with E-state index in [2.05, 4.69) is 5.32 Å². The molecule has 4 amide bonds. The number of piperidine rings is 1. The Morgan fingerprint density at radius 3 is 2.09 bits per heavy atom. The minimum atomic E-state index is -0.386. The van der Waals surface area contributed by atoms with Crippen molar-refractivity contribution >= 4 is 29.3 Å². The number of hydrogen-bond donors (Lipinski definition) is 1. The first-order valence-electron chi connectivity index (χ1n) is 10.7. The number of amides is 4. The zero-order chi connectivity index (χ0) is 22.7. The number of rotatable bonds is 5. The molecule has 32 heavy (non-hydrogen) atoms. The minimum absolute atomic E-state index is 0.100. The van der Waals surface area contributed by atoms with Gasteiger partial charge in [-0.05, 0) is 54.8 Å². The maximum atomic E-state index is 13.1. The van der Waals surface area contributed by atoms with Crippen molar-refractivity contribution in [3.05, 3.63) is 65.5 Å². The normalized spacial score (nSPS) is 17.0. The van der Waals surface area contributed by atoms with Crippen LogP contribution in [0.5, 0.6) is 0 Å². The van der Waals surface area contributed by atoms with E-state index in [-0.39, 0.29) is 54.8 Å². The Morgan fingerprint density at radius 2 is 1.50 bits per heavy atom. The third-order valence-corrected chi connectivity index (χ3v) is 5.96. The van der Waals surface area contributed by atoms with Crippen LogP contribution in [-0.4, -0.2) is 46.5 Å². The second-order valence-electron chi connectivity index (χ2n) is 8.13. The predicted octanol–water partition coefficient (Wildman–Crippen LogP) is 2.97. The summed E-state index contributed by atoms with van der Waals surface area (Å²) in [7, 11) is 0. The van der Waals surface area contributed by atoms with Crippen LogP contribution in [-0.2, 0) is 20.9 Å². The molecule has 0 radical (unpaired) electrons. The van der Waals surface area contributed by atoms with Gasteiger partial charge in [0.1, 0.15) is 5.82 Å². The van der Waals surface area contributed by atoms with Crippen LogP contribution in [0.2, 0.25) is 0 Å². The molecular weight excluding hydrogens is 413 g/mol. The molecule has 2 aromatic rings. The van der Waals surface area contributed by atoms with Gasteiger partial charge in [-0.1, -0.05) is 12.1 Å². The van der Waals surface area contributed by atoms with Crippen LogP contribution in [0.25, 0.3) is 0 Å². The van der Waals surface area contributed by atoms with E-state index >= 15 is 0 Å². The van der Waals surface area contributed by atoms with Gasteiger partial charge < -0.3 is 10.2 Å². The number of likely N-dealkylation sites (tertiary alicyclic amines) is 2. The van der Waals surface area contributed by atoms with E-state index in [4.69, 9.17) is 0 Å². The SMILES string of the molecule is O=C(Nc1ccc(CN2C(=O)CCC2=O)cc1)C1CCN(C(=O)c2ccc(F)cc2)CC1. The summed E-state index contributed by atoms with van der Waals surface area (Å²) in [6.07, 6.45) is 1.63. The van der Waals surface area contributed by atoms with Crippen LogP contribution in [0, 0.1) is 11.7 Å². The van der Waals surface area contributed by atoms with Gasteiger partial charge in [-0.3, -0.25) is 24.1 Å². The Hall–Kier alpha value is -3.55. The van der Waals surface area contributed by atoms with Crippen LogP contribution in [0.3, 0.4) is 0 Å². The lowest BCUT2D eigenvalue weighted by Gasteiger charge is -2.31. The first kappa shape index (κ1) is 21.7. The molecule has 2 saturated heterocycles. The van der Waals surface area contributed by atoms with E-state index < -0.39 is 0 Å². The topological polar surface area (TPSA) is 86.8 Å². The third kappa shape index (κ3) is 4.85. The monoisotopic (exact) mass is 437 g/mol. The second kappa shape index (κ2) is 9.30. The van der Waals surface area contributed by atoms with E-state index in [9.17, 15) is 23.6 Å². The molecule has 0 spiro atoms. The number of imide groups is 1. The molecule has 8 heteroatoms. The van der Waals surface area contributed by atoms with Gasteiger partial charge in [0, 0.05) is 43.1 Å². The summed E-state index contributed by atoms with van der Waals surface area (Å²) in [6.45, 7) is 1.17. The third-order valence-electron chi connectivity index (χ3n) is 5.96. The summed E-state index contributed by atoms with van der Waals surface area (Å²) in [5.74, 6) is -1.16. The molecule has 2 fully saturated rings. The standard InChI is InChI=1S/C24H24FN3O4/c25-19-5-3-18(4-6-19)24(32)27-13-11-17(12-14-27)23(31)26-20-7-1-16(2-8-20)15-28-21(29)9-10-22(28)30/h1-8,17H,9-15H2,(H,26,31). The molecule has 166 valence electrons. The van der Waals surface area contributed by atoms with E-state index in [1.54, 1.807) is 29.2 Å². The molecule has 0 bridgehead atoms. The lowest BCUT2D eigenvalue weighted by Crippen LogP contribution is -2.41. The fourth-order valence-electron chi connectivity index (χ4n) is 4.04. The lowest BCUT2D eigenvalue weighted by atomic mass is 9.95. The molecular formula is C24H24FN3O4. The van der Waals surface area contributed by atoms with Gasteiger partial charge in [-0.25, -0.2) is 4.39 Å². The maximum Gasteiger partial charge on any atom is 0.253 e. The molecule has 4 rings (SSSR count). The van der Waals surface area contributed by atoms with Gasteiger partial charge in [0.25, 0.3) is 5.91 Å². The highest BCUT2D eigenvalue weighted by atomic mass is 19.1. The molecule has 2 aliphatic rings. The average Bonchev–Trinajstić information content (AvgIpc) is 3.12. The van der Waals surface area contributed by atoms with Crippen molar-refractivity contribution in [3.8, 4) is 0 Å². The molecule has 0 aliphatic carbocycles. The van der Waals surface area contributed by atoms with Crippen molar-refractivity contribution < 1.29 is 23.6 Å². The number of hydrogen-bond acceptors (Lipinski definition) is 4. The Balaban J connectivity index is 1.27. The van der Waals surface area contributed by atoms with Gasteiger partial charge in [0.05, 0.1) is 6.54 Å². The maximum absolute atomic E-state index is 13.1. The average molecular weight is 437 g/mol. The number of anilines is 1. The van der Waals surface area contributed by atoms with E-state index in [1.165, 1.54) is 29.2 Å². The molecule has 0 atom stereocenters. The summed E-state index contributed by atoms with van der Waals surface area (Å²) in [5, 5.41) is 2.90. The zero-order valence-electron chi connectivity index (χ0n) is 17.6. The fraction of sp³-hybridized carbons (Fsp3) is 0.333. The molecule has 2 heterocycles. The highest BCUT2D eigenvalue weighted by Crippen LogP contribution is 2.22. The smallest absolute Gasteiger partial charge is 0.253 e. The Bertz CT molecular complexity index is 1010. The van der Waals surface area contributed by atoms with Crippen molar-refractivity contribution in [2.24, 2.45) is 5.92 Å². The number of nitrogens with one attached hydrogen (secondary N) is 1. The number of halogens is 1. The summed E-state index contributed by atoms with van der Waals surface area (Å²) in [5.41, 5.74) is 1.90. The van der Waals surface area contributed by atoms with Gasteiger partial charge in [-0.2, -0.15) is 0 Å². The minimum Gasteiger partial charge on any atom is -0.339 e. The van der Waals surface area contributed by atoms with Gasteiger partial charge in [0.2, 0.25) is 17.7 Å². The fourth-order valence-corrected chi connectivity index (χ4v) is 4.04. The van der Waals surface area contributed by atoms with Crippen molar-refractivity contribution in [2.45, 2.75) is 32.2 Å². The molecule has 0 saturated carbocycles. The largest absolute Gasteiger partial charge is 0.339 e. The first-order valence-corrected chi connectivity index (χ1v) is 10.7. The number of nitrogens with zero attached hydrogens (tertiary/aromatic N) is 2. The van der Waals surface area contributed by atoms with E-state index in [0.29, 0.717) is 37.2 Å². The van der Waals surface area contributed by atoms with Crippen molar-refractivity contribution in [2.75, 3.05) is 18.4 Å². The molecule has 0 unspecified atom stereocenters. The number of benzene rings is 2. The number of carbonyl (C=O) groups excluding carboxylic acids is 4. The van der Waals surface area contributed by atoms with Crippen LogP contribution < -0.4 is 5.32 Å². The highest BCUT2D eigenvalue weighted by molar-refractivity contribution is 6.01. The summed E-state index contributed by atoms with van der Waals surface area (Å²) in [6, 6.07) is 12.6. The molecule has 2 aliphatic heterocycles. The molecule has 1 N–H and O–H groups in total. The van der Waals surface area contributed by atoms with Crippen LogP contribution >= 0.6 is 0 Å². The Morgan fingerprint density at radius 1 is 0.906 bits per heavy atom. The van der Waals surface area contributed by atoms with Crippen LogP contribution in [0.1, 0.15) is 41.6 Å². The molecule has 7 nitrogen and oxygen atoms in total. The van der Waals surface area contributed by atoms with Crippen LogP contribution in [0.4, 0.5) is 10.1 Å². The highest BCUT2D eigenvalue weighted by Gasteiger charge is 2.29. The van der Waals surface area contributed by atoms with E-state index in [1.807, 2.05) is 0 Å². The predicted molar refractivity (Wildman–Crippen MR) is 115 cm³/mol. The second-order valence-corrected chi connectivity index (χ2v) is 8.13. The molecule has 2 aromatic carbocycles. The zero-order valence-corrected chi connectivity index (χ0v) is 17.6. The first-order chi connectivity index (χ1) is 15.4. The summed E-state index contributed by atoms with van der Waals surface area (Å²) >= 11 is 0. The van der Waals surface area contributed by atoms with Crippen molar-refractivity contribution in [3.63, 3.8) is 0 Å². The Kier molecular flexibility index (Phi) is 6.30. The van der Waals surface area contributed by atoms with Crippen molar-refractivity contribution in [1.82, 2.24) is 9.80 Å². The summed E-state index contributed by atoms with van der Waals surface area (Å²) < 4.78 is 13.1. The van der Waals surface area contributed by atoms with E-state index in [0.717, 1.165) is 5.56 Å². The Labute approximate surface area is 185 Å². The van der Waals surface area contributed by atoms with Gasteiger partial charge in [0.15, 0.2) is 0 Å². The molecule has 0 aromatic heterocycles. The lowest BCUT2D eigenvalue weighted by molar-refractivity contribution is -0.139. The van der Waals surface area contributed by atoms with Crippen LogP contribution in [0.15, 0.2) is 48.5 Å². The quantitative estimate of drug-likeness (QED) is 0.729. The van der Waals surface area contributed by atoms with Gasteiger partial charge >= 0.3 is 0 Å². The summed E-state index contributed by atoms with van der Waals surface area (Å²) in [4.78, 5) is 51.6.